The van der Waals surface area contributed by atoms with Crippen LogP contribution in [-0.4, -0.2) is 24.4 Å². The lowest BCUT2D eigenvalue weighted by molar-refractivity contribution is -0.173. The Morgan fingerprint density at radius 1 is 1.33 bits per heavy atom. The van der Waals surface area contributed by atoms with Crippen LogP contribution >= 0.6 is 22.6 Å². The molecule has 1 aromatic carbocycles. The highest BCUT2D eigenvalue weighted by molar-refractivity contribution is 14.1. The van der Waals surface area contributed by atoms with Crippen LogP contribution in [0.4, 0.5) is 8.78 Å². The molecular formula is C14H16F2INO3. The zero-order chi connectivity index (χ0) is 16.0. The van der Waals surface area contributed by atoms with Gasteiger partial charge in [0, 0.05) is 16.9 Å². The summed E-state index contributed by atoms with van der Waals surface area (Å²) in [6.07, 6.45) is -0.841. The van der Waals surface area contributed by atoms with Crippen molar-refractivity contribution in [2.45, 2.75) is 32.2 Å². The minimum atomic E-state index is -3.66. The molecule has 1 amide bonds. The molecule has 1 N–H and O–H groups in total. The zero-order valence-electron chi connectivity index (χ0n) is 11.7. The number of alkyl halides is 2. The molecule has 21 heavy (non-hydrogen) atoms. The SMILES string of the molecule is CCOC(=O)C(F)(F)CC(NC(C)=O)c1ccc(I)cc1. The van der Waals surface area contributed by atoms with Gasteiger partial charge >= 0.3 is 11.9 Å². The molecular weight excluding hydrogens is 395 g/mol. The van der Waals surface area contributed by atoms with Crippen molar-refractivity contribution < 1.29 is 23.1 Å². The number of ether oxygens (including phenoxy) is 1. The molecule has 0 aromatic heterocycles. The van der Waals surface area contributed by atoms with E-state index in [9.17, 15) is 18.4 Å². The third-order valence-corrected chi connectivity index (χ3v) is 3.40. The van der Waals surface area contributed by atoms with E-state index in [1.807, 2.05) is 0 Å². The normalized spacial score (nSPS) is 12.6. The second-order valence-electron chi connectivity index (χ2n) is 4.43. The first-order valence-electron chi connectivity index (χ1n) is 6.34. The van der Waals surface area contributed by atoms with Gasteiger partial charge in [-0.05, 0) is 47.2 Å². The summed E-state index contributed by atoms with van der Waals surface area (Å²) in [6, 6.07) is 5.81. The Morgan fingerprint density at radius 2 is 1.90 bits per heavy atom. The van der Waals surface area contributed by atoms with E-state index < -0.39 is 30.3 Å². The second kappa shape index (κ2) is 7.67. The maximum Gasteiger partial charge on any atom is 0.377 e. The Kier molecular flexibility index (Phi) is 6.50. The zero-order valence-corrected chi connectivity index (χ0v) is 13.8. The second-order valence-corrected chi connectivity index (χ2v) is 5.68. The third-order valence-electron chi connectivity index (χ3n) is 2.68. The molecule has 0 saturated carbocycles. The summed E-state index contributed by atoms with van der Waals surface area (Å²) < 4.78 is 33.0. The summed E-state index contributed by atoms with van der Waals surface area (Å²) >= 11 is 2.09. The van der Waals surface area contributed by atoms with E-state index in [-0.39, 0.29) is 6.61 Å². The Labute approximate surface area is 135 Å². The van der Waals surface area contributed by atoms with Gasteiger partial charge in [0.25, 0.3) is 0 Å². The van der Waals surface area contributed by atoms with Gasteiger partial charge in [-0.2, -0.15) is 8.78 Å². The minimum Gasteiger partial charge on any atom is -0.462 e. The predicted molar refractivity (Wildman–Crippen MR) is 81.9 cm³/mol. The first-order valence-corrected chi connectivity index (χ1v) is 7.41. The van der Waals surface area contributed by atoms with Crippen LogP contribution in [0.3, 0.4) is 0 Å². The van der Waals surface area contributed by atoms with E-state index in [4.69, 9.17) is 0 Å². The number of hydrogen-bond donors (Lipinski definition) is 1. The van der Waals surface area contributed by atoms with Crippen LogP contribution < -0.4 is 5.32 Å². The van der Waals surface area contributed by atoms with Gasteiger partial charge in [-0.3, -0.25) is 4.79 Å². The molecule has 0 bridgehead atoms. The van der Waals surface area contributed by atoms with Crippen LogP contribution in [0.15, 0.2) is 24.3 Å². The van der Waals surface area contributed by atoms with Crippen molar-refractivity contribution >= 4 is 34.5 Å². The number of benzene rings is 1. The van der Waals surface area contributed by atoms with Crippen LogP contribution in [0.5, 0.6) is 0 Å². The molecule has 1 atom stereocenters. The van der Waals surface area contributed by atoms with Crippen molar-refractivity contribution in [3.8, 4) is 0 Å². The van der Waals surface area contributed by atoms with Crippen LogP contribution in [0.2, 0.25) is 0 Å². The number of amides is 1. The number of carbonyl (C=O) groups excluding carboxylic acids is 2. The molecule has 0 spiro atoms. The highest BCUT2D eigenvalue weighted by Gasteiger charge is 2.43. The van der Waals surface area contributed by atoms with Crippen LogP contribution in [-0.2, 0) is 14.3 Å². The Morgan fingerprint density at radius 3 is 2.38 bits per heavy atom. The van der Waals surface area contributed by atoms with E-state index in [0.717, 1.165) is 3.57 Å². The lowest BCUT2D eigenvalue weighted by Gasteiger charge is -2.23. The highest BCUT2D eigenvalue weighted by atomic mass is 127. The van der Waals surface area contributed by atoms with Gasteiger partial charge in [-0.15, -0.1) is 0 Å². The standard InChI is InChI=1S/C14H16F2INO3/c1-3-21-13(20)14(15,16)8-12(18-9(2)19)10-4-6-11(17)7-5-10/h4-7,12H,3,8H2,1-2H3,(H,18,19). The monoisotopic (exact) mass is 411 g/mol. The highest BCUT2D eigenvalue weighted by Crippen LogP contribution is 2.30. The van der Waals surface area contributed by atoms with Crippen LogP contribution in [0.1, 0.15) is 31.9 Å². The number of rotatable bonds is 6. The van der Waals surface area contributed by atoms with E-state index in [2.05, 4.69) is 32.6 Å². The maximum atomic E-state index is 13.8. The first-order chi connectivity index (χ1) is 9.76. The molecule has 7 heteroatoms. The summed E-state index contributed by atoms with van der Waals surface area (Å²) in [5, 5.41) is 2.44. The summed E-state index contributed by atoms with van der Waals surface area (Å²) in [4.78, 5) is 22.5. The van der Waals surface area contributed by atoms with Crippen LogP contribution in [0, 0.1) is 3.57 Å². The molecule has 0 aliphatic heterocycles. The van der Waals surface area contributed by atoms with Gasteiger partial charge in [0.1, 0.15) is 0 Å². The Hall–Kier alpha value is -1.25. The van der Waals surface area contributed by atoms with E-state index in [1.54, 1.807) is 24.3 Å². The molecule has 0 saturated heterocycles. The molecule has 0 heterocycles. The molecule has 4 nitrogen and oxygen atoms in total. The lowest BCUT2D eigenvalue weighted by Crippen LogP contribution is -2.37. The number of hydrogen-bond acceptors (Lipinski definition) is 3. The average Bonchev–Trinajstić information content (AvgIpc) is 2.38. The van der Waals surface area contributed by atoms with Crippen molar-refractivity contribution in [2.75, 3.05) is 6.61 Å². The minimum absolute atomic E-state index is 0.122. The number of esters is 1. The van der Waals surface area contributed by atoms with Gasteiger partial charge < -0.3 is 10.1 Å². The molecule has 1 rings (SSSR count). The molecule has 116 valence electrons. The maximum absolute atomic E-state index is 13.8. The van der Waals surface area contributed by atoms with Gasteiger partial charge in [0.2, 0.25) is 5.91 Å². The lowest BCUT2D eigenvalue weighted by atomic mass is 10.00. The summed E-state index contributed by atoms with van der Waals surface area (Å²) in [5.41, 5.74) is 0.509. The Bertz CT molecular complexity index is 505. The largest absolute Gasteiger partial charge is 0.462 e. The quantitative estimate of drug-likeness (QED) is 0.579. The van der Waals surface area contributed by atoms with E-state index in [0.29, 0.717) is 5.56 Å². The first kappa shape index (κ1) is 17.8. The average molecular weight is 411 g/mol. The van der Waals surface area contributed by atoms with E-state index >= 15 is 0 Å². The topological polar surface area (TPSA) is 55.4 Å². The smallest absolute Gasteiger partial charge is 0.377 e. The van der Waals surface area contributed by atoms with Crippen molar-refractivity contribution in [3.05, 3.63) is 33.4 Å². The number of halogens is 3. The molecule has 0 aliphatic carbocycles. The Balaban J connectivity index is 2.95. The van der Waals surface area contributed by atoms with Gasteiger partial charge in [0.15, 0.2) is 0 Å². The summed E-state index contributed by atoms with van der Waals surface area (Å²) in [7, 11) is 0. The van der Waals surface area contributed by atoms with Gasteiger partial charge in [-0.1, -0.05) is 12.1 Å². The van der Waals surface area contributed by atoms with Gasteiger partial charge in [0.05, 0.1) is 12.6 Å². The van der Waals surface area contributed by atoms with Crippen molar-refractivity contribution in [3.63, 3.8) is 0 Å². The van der Waals surface area contributed by atoms with Crippen molar-refractivity contribution in [1.29, 1.82) is 0 Å². The number of carbonyl (C=O) groups is 2. The third kappa shape index (κ3) is 5.56. The fourth-order valence-electron chi connectivity index (χ4n) is 1.77. The molecule has 0 aliphatic rings. The molecule has 1 aromatic rings. The van der Waals surface area contributed by atoms with Crippen molar-refractivity contribution in [2.24, 2.45) is 0 Å². The fraction of sp³-hybridized carbons (Fsp3) is 0.429. The molecule has 0 radical (unpaired) electrons. The number of nitrogens with one attached hydrogen (secondary N) is 1. The van der Waals surface area contributed by atoms with Crippen molar-refractivity contribution in [1.82, 2.24) is 5.32 Å². The molecule has 0 fully saturated rings. The predicted octanol–water partition coefficient (Wildman–Crippen LogP) is 3.06. The summed E-state index contributed by atoms with van der Waals surface area (Å²) in [6.45, 7) is 2.57. The molecule has 1 unspecified atom stereocenters. The van der Waals surface area contributed by atoms with Gasteiger partial charge in [-0.25, -0.2) is 4.79 Å². The van der Waals surface area contributed by atoms with E-state index in [1.165, 1.54) is 13.8 Å². The fourth-order valence-corrected chi connectivity index (χ4v) is 2.13. The summed E-state index contributed by atoms with van der Waals surface area (Å²) in [5.74, 6) is -5.68. The van der Waals surface area contributed by atoms with Crippen LogP contribution in [0.25, 0.3) is 0 Å².